The van der Waals surface area contributed by atoms with E-state index in [2.05, 4.69) is 40.4 Å². The van der Waals surface area contributed by atoms with Crippen LogP contribution < -0.4 is 29.9 Å². The molecule has 0 bridgehead atoms. The number of aromatic hydroxyl groups is 2. The van der Waals surface area contributed by atoms with Gasteiger partial charge in [-0.3, -0.25) is 4.18 Å². The molecule has 71 heavy (non-hydrogen) atoms. The van der Waals surface area contributed by atoms with E-state index in [-0.39, 0.29) is 34.0 Å². The minimum Gasteiger partial charge on any atom is -0.507 e. The van der Waals surface area contributed by atoms with Crippen LogP contribution in [0.3, 0.4) is 0 Å². The maximum Gasteiger partial charge on any atom is 0.407 e. The number of carbonyl (C=O) groups is 2. The van der Waals surface area contributed by atoms with Gasteiger partial charge in [0, 0.05) is 66.1 Å². The molecule has 4 heterocycles. The van der Waals surface area contributed by atoms with E-state index in [1.807, 2.05) is 53.7 Å². The summed E-state index contributed by atoms with van der Waals surface area (Å²) in [6.07, 6.45) is 11.5. The normalized spacial score (nSPS) is 18.8. The summed E-state index contributed by atoms with van der Waals surface area (Å²) in [5.74, 6) is 1.04. The molecular weight excluding hydrogens is 941 g/mol. The van der Waals surface area contributed by atoms with E-state index in [4.69, 9.17) is 32.6 Å². The van der Waals surface area contributed by atoms with Crippen LogP contribution in [0.5, 0.6) is 23.3 Å². The van der Waals surface area contributed by atoms with Crippen LogP contribution in [0.2, 0.25) is 0 Å². The first-order valence-electron chi connectivity index (χ1n) is 24.2. The molecule has 4 fully saturated rings. The molecule has 2 aromatic carbocycles. The van der Waals surface area contributed by atoms with E-state index < -0.39 is 27.4 Å². The Kier molecular flexibility index (Phi) is 20.7. The second-order valence-corrected chi connectivity index (χ2v) is 21.2. The number of amides is 2. The molecule has 2 saturated heterocycles. The molecule has 0 unspecified atom stereocenters. The molecule has 0 spiro atoms. The minimum atomic E-state index is -3.40. The van der Waals surface area contributed by atoms with Crippen molar-refractivity contribution in [2.75, 3.05) is 82.9 Å². The number of nitrogens with one attached hydrogen (secondary N) is 2. The lowest BCUT2D eigenvalue weighted by atomic mass is 9.93. The highest BCUT2D eigenvalue weighted by molar-refractivity contribution is 7.86. The Bertz CT molecular complexity index is 2350. The lowest BCUT2D eigenvalue weighted by Gasteiger charge is -2.29. The van der Waals surface area contributed by atoms with Gasteiger partial charge < -0.3 is 59.1 Å². The number of nitrogens with zero attached hydrogens (tertiary/aromatic N) is 6. The molecule has 2 saturated carbocycles. The second-order valence-electron chi connectivity index (χ2n) is 19.6. The van der Waals surface area contributed by atoms with Gasteiger partial charge in [-0.25, -0.2) is 29.5 Å². The Morgan fingerprint density at radius 2 is 1.03 bits per heavy atom. The van der Waals surface area contributed by atoms with Crippen molar-refractivity contribution in [1.82, 2.24) is 30.6 Å². The highest BCUT2D eigenvalue weighted by Crippen LogP contribution is 2.36. The number of fused-ring (bicyclic) bond motifs is 2. The number of anilines is 2. The predicted molar refractivity (Wildman–Crippen MR) is 276 cm³/mol. The molecule has 2 amide bonds. The standard InChI is InChI=1S/2C13H15N3O3.C12H23NO5S.C11H21NO2.3H2/c2*1-18-13-12-10(14-8-15-13)6-9(7-11(12)17)16-2-4-19-5-3-16;1-12(2,3)17-11(14)13-9-5-7-10(8-6-9)18-19(4,15)16;1-11(2,3)14-10(13)12-9-7-5-4-6-8-9;;;/h2*6-8,17H,2-5H2,1H3;9-10H,5-8H2,1-4H3,(H,13,14);9H,4-8H2,1-3H3,(H,12,13);3*1H. The van der Waals surface area contributed by atoms with Crippen LogP contribution in [0.1, 0.15) is 104 Å². The van der Waals surface area contributed by atoms with Gasteiger partial charge in [-0.05, 0) is 92.2 Å². The Morgan fingerprint density at radius 3 is 1.39 bits per heavy atom. The number of hydrogen-bond donors (Lipinski definition) is 4. The Labute approximate surface area is 421 Å². The number of rotatable bonds is 8. The van der Waals surface area contributed by atoms with Gasteiger partial charge in [0.05, 0.1) is 64.0 Å². The van der Waals surface area contributed by atoms with Crippen LogP contribution in [0.25, 0.3) is 21.8 Å². The van der Waals surface area contributed by atoms with E-state index in [0.29, 0.717) is 91.7 Å². The van der Waals surface area contributed by atoms with Gasteiger partial charge >= 0.3 is 12.2 Å². The van der Waals surface area contributed by atoms with Crippen molar-refractivity contribution in [3.63, 3.8) is 0 Å². The summed E-state index contributed by atoms with van der Waals surface area (Å²) in [4.78, 5) is 43.7. The Morgan fingerprint density at radius 1 is 0.634 bits per heavy atom. The monoisotopic (exact) mass is 1020 g/mol. The number of aromatic nitrogens is 4. The van der Waals surface area contributed by atoms with Crippen molar-refractivity contribution in [1.29, 1.82) is 0 Å². The number of methoxy groups -OCH3 is 2. The topological polar surface area (TPSA) is 255 Å². The maximum absolute atomic E-state index is 11.6. The van der Waals surface area contributed by atoms with E-state index in [1.54, 1.807) is 12.1 Å². The third kappa shape index (κ3) is 18.8. The zero-order valence-electron chi connectivity index (χ0n) is 42.7. The van der Waals surface area contributed by atoms with Crippen LogP contribution >= 0.6 is 0 Å². The predicted octanol–water partition coefficient (Wildman–Crippen LogP) is 7.74. The number of phenolic OH excluding ortho intramolecular Hbond substituents is 2. The smallest absolute Gasteiger partial charge is 0.407 e. The number of ether oxygens (including phenoxy) is 6. The first kappa shape index (κ1) is 56.2. The van der Waals surface area contributed by atoms with Crippen LogP contribution in [0.4, 0.5) is 21.0 Å². The van der Waals surface area contributed by atoms with E-state index in [9.17, 15) is 28.2 Å². The number of carbonyl (C=O) groups excluding carboxylic acids is 2. The molecule has 0 atom stereocenters. The number of phenols is 2. The average Bonchev–Trinajstić information content (AvgIpc) is 3.31. The van der Waals surface area contributed by atoms with Gasteiger partial charge in [0.2, 0.25) is 11.8 Å². The third-order valence-electron chi connectivity index (χ3n) is 11.5. The summed E-state index contributed by atoms with van der Waals surface area (Å²) in [5, 5.41) is 27.1. The summed E-state index contributed by atoms with van der Waals surface area (Å²) in [6, 6.07) is 7.67. The molecule has 2 aliphatic heterocycles. The Hall–Kier alpha value is -5.71. The van der Waals surface area contributed by atoms with Crippen molar-refractivity contribution < 1.29 is 65.1 Å². The van der Waals surface area contributed by atoms with Crippen molar-refractivity contribution in [3.8, 4) is 23.3 Å². The van der Waals surface area contributed by atoms with Gasteiger partial charge in [-0.1, -0.05) is 19.3 Å². The fourth-order valence-electron chi connectivity index (χ4n) is 8.32. The van der Waals surface area contributed by atoms with Crippen molar-refractivity contribution in [2.24, 2.45) is 0 Å². The van der Waals surface area contributed by atoms with E-state index >= 15 is 0 Å². The fourth-order valence-corrected chi connectivity index (χ4v) is 9.00. The summed E-state index contributed by atoms with van der Waals surface area (Å²) in [6.45, 7) is 17.1. The molecule has 2 aliphatic carbocycles. The van der Waals surface area contributed by atoms with Gasteiger partial charge in [0.1, 0.15) is 46.1 Å². The molecule has 2 aromatic heterocycles. The van der Waals surface area contributed by atoms with Crippen LogP contribution in [-0.4, -0.2) is 153 Å². The van der Waals surface area contributed by atoms with E-state index in [0.717, 1.165) is 56.7 Å². The molecule has 8 rings (SSSR count). The number of hydrogen-bond acceptors (Lipinski definition) is 19. The maximum atomic E-state index is 11.6. The average molecular weight is 1020 g/mol. The lowest BCUT2D eigenvalue weighted by Crippen LogP contribution is -2.42. The van der Waals surface area contributed by atoms with Gasteiger partial charge in [0.25, 0.3) is 10.1 Å². The molecule has 4 N–H and O–H groups in total. The van der Waals surface area contributed by atoms with Crippen molar-refractivity contribution in [3.05, 3.63) is 36.9 Å². The van der Waals surface area contributed by atoms with Crippen LogP contribution in [0, 0.1) is 0 Å². The second kappa shape index (κ2) is 26.1. The van der Waals surface area contributed by atoms with Crippen molar-refractivity contribution >= 4 is 55.5 Å². The molecule has 400 valence electrons. The highest BCUT2D eigenvalue weighted by Gasteiger charge is 2.27. The van der Waals surface area contributed by atoms with Crippen LogP contribution in [-0.2, 0) is 33.2 Å². The van der Waals surface area contributed by atoms with Gasteiger partial charge in [-0.15, -0.1) is 0 Å². The fraction of sp³-hybridized carbons (Fsp3) is 0.633. The Balaban J connectivity index is 0.000000336. The van der Waals surface area contributed by atoms with Gasteiger partial charge in [0.15, 0.2) is 0 Å². The number of morpholine rings is 2. The van der Waals surface area contributed by atoms with Gasteiger partial charge in [-0.2, -0.15) is 8.42 Å². The third-order valence-corrected chi connectivity index (χ3v) is 12.1. The molecule has 4 aliphatic rings. The molecule has 21 nitrogen and oxygen atoms in total. The largest absolute Gasteiger partial charge is 0.507 e. The quantitative estimate of drug-likeness (QED) is 0.123. The highest BCUT2D eigenvalue weighted by atomic mass is 32.2. The van der Waals surface area contributed by atoms with E-state index in [1.165, 1.54) is 46.1 Å². The summed E-state index contributed by atoms with van der Waals surface area (Å²) in [7, 11) is -0.351. The zero-order valence-corrected chi connectivity index (χ0v) is 43.5. The molecule has 0 radical (unpaired) electrons. The molecule has 22 heteroatoms. The number of alkyl carbamates (subject to hydrolysis) is 2. The zero-order chi connectivity index (χ0) is 51.8. The molecular formula is C49H80N8O13S. The molecule has 4 aromatic rings. The summed E-state index contributed by atoms with van der Waals surface area (Å²) >= 11 is 0. The first-order valence-corrected chi connectivity index (χ1v) is 26.0. The number of benzene rings is 2. The summed E-state index contributed by atoms with van der Waals surface area (Å²) in [5.41, 5.74) is 2.32. The SMILES string of the molecule is CC(C)(C)OC(=O)NC1CCC(OS(C)(=O)=O)CC1.CC(C)(C)OC(=O)NC1CCCCC1.COc1ncnc2cc(N3CCOCC3)cc(O)c12.COc1ncnc2cc(N3CCOCC3)cc(O)c12.[HH].[HH].[HH]. The lowest BCUT2D eigenvalue weighted by molar-refractivity contribution is 0.0467. The van der Waals surface area contributed by atoms with Crippen LogP contribution in [0.15, 0.2) is 36.9 Å². The van der Waals surface area contributed by atoms with Crippen molar-refractivity contribution in [2.45, 2.75) is 129 Å². The summed E-state index contributed by atoms with van der Waals surface area (Å²) < 4.78 is 58.3. The first-order chi connectivity index (χ1) is 33.6. The minimum absolute atomic E-state index is 0.